The number of fused-ring (bicyclic) bond motifs is 2. The molecule has 6 nitrogen and oxygen atoms in total. The second-order valence-corrected chi connectivity index (χ2v) is 6.48. The number of furan rings is 1. The molecule has 3 aromatic rings. The van der Waals surface area contributed by atoms with Gasteiger partial charge in [-0.1, -0.05) is 24.3 Å². The molecule has 0 unspecified atom stereocenters. The van der Waals surface area contributed by atoms with Crippen molar-refractivity contribution < 1.29 is 23.4 Å². The van der Waals surface area contributed by atoms with Gasteiger partial charge in [0.25, 0.3) is 5.91 Å². The van der Waals surface area contributed by atoms with Gasteiger partial charge in [0.15, 0.2) is 17.3 Å². The van der Waals surface area contributed by atoms with E-state index in [4.69, 9.17) is 18.6 Å². The molecular weight excluding hydrogens is 346 g/mol. The summed E-state index contributed by atoms with van der Waals surface area (Å²) in [5, 5.41) is 0.899. The zero-order chi connectivity index (χ0) is 18.8. The van der Waals surface area contributed by atoms with Crippen LogP contribution in [0, 0.1) is 0 Å². The normalized spacial score (nSPS) is 13.0. The summed E-state index contributed by atoms with van der Waals surface area (Å²) in [7, 11) is 3.36. The zero-order valence-corrected chi connectivity index (χ0v) is 15.4. The van der Waals surface area contributed by atoms with Crippen LogP contribution >= 0.6 is 0 Å². The Morgan fingerprint density at radius 1 is 1.11 bits per heavy atom. The van der Waals surface area contributed by atoms with Crippen molar-refractivity contribution in [3.63, 3.8) is 0 Å². The molecule has 1 aliphatic heterocycles. The number of benzene rings is 2. The maximum absolute atomic E-state index is 13.0. The van der Waals surface area contributed by atoms with Crippen LogP contribution in [0.5, 0.6) is 11.5 Å². The van der Waals surface area contributed by atoms with Crippen LogP contribution in [0.1, 0.15) is 21.7 Å². The Bertz CT molecular complexity index is 978. The molecule has 0 spiro atoms. The lowest BCUT2D eigenvalue weighted by molar-refractivity contribution is 0.0749. The van der Waals surface area contributed by atoms with Gasteiger partial charge in [-0.05, 0) is 23.8 Å². The smallest absolute Gasteiger partial charge is 0.290 e. The standard InChI is InChI=1S/C21H21NO5/c1-22(12-14-7-8-18-19(11-14)26-10-9-25-18)21(23)20-16(13-24-2)15-5-3-4-6-17(15)27-20/h3-8,11H,9-10,12-13H2,1-2H3. The number of ether oxygens (including phenoxy) is 3. The van der Waals surface area contributed by atoms with Gasteiger partial charge in [-0.3, -0.25) is 4.79 Å². The van der Waals surface area contributed by atoms with E-state index in [1.165, 1.54) is 0 Å². The van der Waals surface area contributed by atoms with Crippen LogP contribution in [0.2, 0.25) is 0 Å². The molecular formula is C21H21NO5. The molecule has 27 heavy (non-hydrogen) atoms. The Morgan fingerprint density at radius 3 is 2.70 bits per heavy atom. The van der Waals surface area contributed by atoms with Crippen molar-refractivity contribution in [1.29, 1.82) is 0 Å². The van der Waals surface area contributed by atoms with E-state index < -0.39 is 0 Å². The summed E-state index contributed by atoms with van der Waals surface area (Å²) in [6.45, 7) is 1.83. The van der Waals surface area contributed by atoms with Gasteiger partial charge in [0.1, 0.15) is 18.8 Å². The molecule has 2 heterocycles. The van der Waals surface area contributed by atoms with Crippen LogP contribution in [0.15, 0.2) is 46.9 Å². The van der Waals surface area contributed by atoms with Gasteiger partial charge >= 0.3 is 0 Å². The van der Waals surface area contributed by atoms with E-state index in [1.54, 1.807) is 19.1 Å². The first-order chi connectivity index (χ1) is 13.2. The number of methoxy groups -OCH3 is 1. The van der Waals surface area contributed by atoms with E-state index in [9.17, 15) is 4.79 Å². The van der Waals surface area contributed by atoms with Crippen molar-refractivity contribution in [1.82, 2.24) is 4.90 Å². The lowest BCUT2D eigenvalue weighted by Gasteiger charge is -2.21. The van der Waals surface area contributed by atoms with Crippen molar-refractivity contribution in [2.24, 2.45) is 0 Å². The van der Waals surface area contributed by atoms with E-state index in [2.05, 4.69) is 0 Å². The fraction of sp³-hybridized carbons (Fsp3) is 0.286. The molecule has 0 atom stereocenters. The summed E-state index contributed by atoms with van der Waals surface area (Å²) in [6, 6.07) is 13.3. The molecule has 0 bridgehead atoms. The van der Waals surface area contributed by atoms with Crippen LogP contribution in [0.25, 0.3) is 11.0 Å². The first kappa shape index (κ1) is 17.4. The van der Waals surface area contributed by atoms with Crippen LogP contribution in [-0.2, 0) is 17.9 Å². The second-order valence-electron chi connectivity index (χ2n) is 6.48. The summed E-state index contributed by atoms with van der Waals surface area (Å²) in [5.74, 6) is 1.58. The van der Waals surface area contributed by atoms with Gasteiger partial charge in [0.2, 0.25) is 0 Å². The molecule has 1 aromatic heterocycles. The van der Waals surface area contributed by atoms with Crippen molar-refractivity contribution in [3.05, 3.63) is 59.4 Å². The number of hydrogen-bond acceptors (Lipinski definition) is 5. The van der Waals surface area contributed by atoms with Crippen molar-refractivity contribution in [2.75, 3.05) is 27.4 Å². The van der Waals surface area contributed by atoms with E-state index >= 15 is 0 Å². The average Bonchev–Trinajstić information content (AvgIpc) is 3.06. The average molecular weight is 367 g/mol. The highest BCUT2D eigenvalue weighted by Crippen LogP contribution is 2.32. The number of para-hydroxylation sites is 1. The minimum absolute atomic E-state index is 0.187. The Labute approximate surface area is 157 Å². The number of hydrogen-bond donors (Lipinski definition) is 0. The van der Waals surface area contributed by atoms with Crippen molar-refractivity contribution in [2.45, 2.75) is 13.2 Å². The Balaban J connectivity index is 1.59. The maximum atomic E-state index is 13.0. The fourth-order valence-electron chi connectivity index (χ4n) is 3.26. The Hall–Kier alpha value is -2.99. The minimum atomic E-state index is -0.187. The third-order valence-corrected chi connectivity index (χ3v) is 4.55. The first-order valence-electron chi connectivity index (χ1n) is 8.80. The third-order valence-electron chi connectivity index (χ3n) is 4.55. The predicted octanol–water partition coefficient (Wildman–Crippen LogP) is 3.62. The quantitative estimate of drug-likeness (QED) is 0.689. The summed E-state index contributed by atoms with van der Waals surface area (Å²) in [4.78, 5) is 14.7. The first-order valence-corrected chi connectivity index (χ1v) is 8.80. The second kappa shape index (κ2) is 7.32. The summed E-state index contributed by atoms with van der Waals surface area (Å²) < 4.78 is 22.3. The molecule has 0 saturated carbocycles. The van der Waals surface area contributed by atoms with E-state index in [-0.39, 0.29) is 5.91 Å². The summed E-state index contributed by atoms with van der Waals surface area (Å²) in [5.41, 5.74) is 2.41. The SMILES string of the molecule is COCc1c(C(=O)N(C)Cc2ccc3c(c2)OCCO3)oc2ccccc12. The van der Waals surface area contributed by atoms with Gasteiger partial charge in [-0.25, -0.2) is 0 Å². The number of carbonyl (C=O) groups excluding carboxylic acids is 1. The molecule has 0 saturated heterocycles. The van der Waals surface area contributed by atoms with Gasteiger partial charge in [0.05, 0.1) is 6.61 Å². The van der Waals surface area contributed by atoms with Crippen LogP contribution in [0.4, 0.5) is 0 Å². The highest BCUT2D eigenvalue weighted by Gasteiger charge is 2.23. The number of amides is 1. The largest absolute Gasteiger partial charge is 0.486 e. The van der Waals surface area contributed by atoms with Crippen LogP contribution < -0.4 is 9.47 Å². The monoisotopic (exact) mass is 367 g/mol. The van der Waals surface area contributed by atoms with Gasteiger partial charge in [0, 0.05) is 31.7 Å². The Morgan fingerprint density at radius 2 is 1.89 bits per heavy atom. The molecule has 0 fully saturated rings. The molecule has 2 aromatic carbocycles. The predicted molar refractivity (Wildman–Crippen MR) is 100 cm³/mol. The molecule has 4 rings (SSSR count). The molecule has 0 radical (unpaired) electrons. The zero-order valence-electron chi connectivity index (χ0n) is 15.4. The lowest BCUT2D eigenvalue weighted by atomic mass is 10.1. The van der Waals surface area contributed by atoms with Crippen LogP contribution in [-0.4, -0.2) is 38.2 Å². The summed E-state index contributed by atoms with van der Waals surface area (Å²) >= 11 is 0. The van der Waals surface area contributed by atoms with Crippen molar-refractivity contribution in [3.8, 4) is 11.5 Å². The summed E-state index contributed by atoms with van der Waals surface area (Å²) in [6.07, 6.45) is 0. The van der Waals surface area contributed by atoms with Gasteiger partial charge in [-0.2, -0.15) is 0 Å². The highest BCUT2D eigenvalue weighted by atomic mass is 16.6. The van der Waals surface area contributed by atoms with Gasteiger partial charge in [-0.15, -0.1) is 0 Å². The molecule has 1 amide bonds. The van der Waals surface area contributed by atoms with E-state index in [0.717, 1.165) is 22.3 Å². The molecule has 0 N–H and O–H groups in total. The molecule has 6 heteroatoms. The topological polar surface area (TPSA) is 61.1 Å². The van der Waals surface area contributed by atoms with Crippen molar-refractivity contribution >= 4 is 16.9 Å². The number of rotatable bonds is 5. The Kier molecular flexibility index (Phi) is 4.73. The van der Waals surface area contributed by atoms with E-state index in [0.29, 0.717) is 43.5 Å². The fourth-order valence-corrected chi connectivity index (χ4v) is 3.26. The number of carbonyl (C=O) groups is 1. The molecule has 0 aliphatic carbocycles. The van der Waals surface area contributed by atoms with E-state index in [1.807, 2.05) is 42.5 Å². The maximum Gasteiger partial charge on any atom is 0.290 e. The lowest BCUT2D eigenvalue weighted by Crippen LogP contribution is -2.27. The molecule has 1 aliphatic rings. The third kappa shape index (κ3) is 3.36. The van der Waals surface area contributed by atoms with Crippen LogP contribution in [0.3, 0.4) is 0 Å². The molecule has 140 valence electrons. The highest BCUT2D eigenvalue weighted by molar-refractivity contribution is 5.98. The number of nitrogens with zero attached hydrogens (tertiary/aromatic N) is 1. The van der Waals surface area contributed by atoms with Gasteiger partial charge < -0.3 is 23.5 Å². The minimum Gasteiger partial charge on any atom is -0.486 e.